The molecule has 0 aliphatic carbocycles. The predicted molar refractivity (Wildman–Crippen MR) is 99.3 cm³/mol. The fourth-order valence-electron chi connectivity index (χ4n) is 2.34. The van der Waals surface area contributed by atoms with Crippen LogP contribution in [-0.2, 0) is 13.9 Å². The van der Waals surface area contributed by atoms with Gasteiger partial charge in [-0.05, 0) is 34.4 Å². The molecule has 1 fully saturated rings. The fourth-order valence-corrected chi connectivity index (χ4v) is 4.09. The average Bonchev–Trinajstić information content (AvgIpc) is 2.52. The van der Waals surface area contributed by atoms with Crippen molar-refractivity contribution >= 4 is 13.6 Å². The van der Waals surface area contributed by atoms with Gasteiger partial charge in [-0.2, -0.15) is 0 Å². The van der Waals surface area contributed by atoms with Gasteiger partial charge in [0.1, 0.15) is 0 Å². The molecule has 1 unspecified atom stereocenters. The molecule has 1 saturated heterocycles. The molecule has 0 spiro atoms. The van der Waals surface area contributed by atoms with Crippen LogP contribution in [0.25, 0.3) is 0 Å². The van der Waals surface area contributed by atoms with Crippen LogP contribution >= 0.6 is 7.67 Å². The van der Waals surface area contributed by atoms with Crippen LogP contribution in [0, 0.1) is 5.92 Å². The molecular formula is C16H36N3O5P. The maximum absolute atomic E-state index is 12.6. The predicted octanol–water partition coefficient (Wildman–Crippen LogP) is 1.24. The highest BCUT2D eigenvalue weighted by molar-refractivity contribution is 7.53. The Morgan fingerprint density at radius 2 is 1.72 bits per heavy atom. The Balaban J connectivity index is 0.000000697. The van der Waals surface area contributed by atoms with Crippen LogP contribution in [0.2, 0.25) is 0 Å². The van der Waals surface area contributed by atoms with E-state index < -0.39 is 13.3 Å². The van der Waals surface area contributed by atoms with Crippen LogP contribution in [0.1, 0.15) is 34.1 Å². The summed E-state index contributed by atoms with van der Waals surface area (Å²) in [6.07, 6.45) is 0.451. The van der Waals surface area contributed by atoms with E-state index >= 15 is 0 Å². The van der Waals surface area contributed by atoms with E-state index in [2.05, 4.69) is 0 Å². The van der Waals surface area contributed by atoms with Gasteiger partial charge < -0.3 is 19.6 Å². The van der Waals surface area contributed by atoms with E-state index in [9.17, 15) is 9.36 Å². The Bertz CT molecular complexity index is 444. The van der Waals surface area contributed by atoms with E-state index in [0.717, 1.165) is 0 Å². The summed E-state index contributed by atoms with van der Waals surface area (Å²) < 4.78 is 21.2. The largest absolute Gasteiger partial charge is 0.396 e. The number of hydrogen-bond acceptors (Lipinski definition) is 5. The molecule has 8 nitrogen and oxygen atoms in total. The number of carbonyl (C=O) groups excluding carboxylic acids is 1. The first-order valence-electron chi connectivity index (χ1n) is 8.60. The first-order valence-corrected chi connectivity index (χ1v) is 10.1. The molecule has 25 heavy (non-hydrogen) atoms. The molecule has 2 N–H and O–H groups in total. The summed E-state index contributed by atoms with van der Waals surface area (Å²) in [5, 5.41) is 17.1. The smallest absolute Gasteiger partial charge is 0.345 e. The number of amides is 1. The summed E-state index contributed by atoms with van der Waals surface area (Å²) in [5.74, 6) is 0.173. The van der Waals surface area contributed by atoms with Crippen molar-refractivity contribution in [1.82, 2.24) is 14.2 Å². The van der Waals surface area contributed by atoms with Crippen molar-refractivity contribution in [3.05, 3.63) is 0 Å². The van der Waals surface area contributed by atoms with Crippen molar-refractivity contribution in [3.8, 4) is 0 Å². The molecule has 1 aliphatic rings. The van der Waals surface area contributed by atoms with Gasteiger partial charge in [-0.15, -0.1) is 0 Å². The number of aliphatic hydroxyl groups is 2. The molecule has 0 aromatic carbocycles. The first-order chi connectivity index (χ1) is 11.4. The van der Waals surface area contributed by atoms with Gasteiger partial charge in [0, 0.05) is 45.8 Å². The van der Waals surface area contributed by atoms with E-state index in [1.54, 1.807) is 32.6 Å². The maximum atomic E-state index is 12.6. The molecule has 0 radical (unpaired) electrons. The zero-order valence-electron chi connectivity index (χ0n) is 16.7. The molecule has 0 aromatic heterocycles. The average molecular weight is 381 g/mol. The lowest BCUT2D eigenvalue weighted by Gasteiger charge is -2.40. The Hall–Kier alpha value is -0.500. The molecule has 0 bridgehead atoms. The minimum absolute atomic E-state index is 0.0135. The van der Waals surface area contributed by atoms with Gasteiger partial charge in [0.25, 0.3) is 0 Å². The summed E-state index contributed by atoms with van der Waals surface area (Å²) in [5.41, 5.74) is -0.700. The highest BCUT2D eigenvalue weighted by atomic mass is 31.2. The second-order valence-corrected chi connectivity index (χ2v) is 9.95. The standard InChI is InChI=1S/C11H24N3O3P.C5H12O2/c1-10(2)11(15)13-6-8-14(9-7-13)18(16,17-5)12(3)4;1-5(2,7)3-4-6/h10H,6-9H2,1-5H3;6-7H,3-4H2,1-2H3. The summed E-state index contributed by atoms with van der Waals surface area (Å²) in [4.78, 5) is 13.7. The third-order valence-electron chi connectivity index (χ3n) is 3.89. The third kappa shape index (κ3) is 8.15. The van der Waals surface area contributed by atoms with E-state index in [-0.39, 0.29) is 18.4 Å². The van der Waals surface area contributed by atoms with Gasteiger partial charge in [0.05, 0.1) is 5.60 Å². The summed E-state index contributed by atoms with van der Waals surface area (Å²) in [6, 6.07) is 0. The van der Waals surface area contributed by atoms with Crippen molar-refractivity contribution in [2.75, 3.05) is 54.0 Å². The van der Waals surface area contributed by atoms with Crippen molar-refractivity contribution in [3.63, 3.8) is 0 Å². The fraction of sp³-hybridized carbons (Fsp3) is 0.938. The van der Waals surface area contributed by atoms with Gasteiger partial charge >= 0.3 is 7.67 Å². The van der Waals surface area contributed by atoms with E-state index in [1.807, 2.05) is 23.4 Å². The minimum Gasteiger partial charge on any atom is -0.396 e. The van der Waals surface area contributed by atoms with E-state index in [4.69, 9.17) is 14.7 Å². The molecule has 1 aliphatic heterocycles. The van der Waals surface area contributed by atoms with Crippen LogP contribution < -0.4 is 0 Å². The molecule has 1 atom stereocenters. The Morgan fingerprint density at radius 1 is 1.24 bits per heavy atom. The van der Waals surface area contributed by atoms with Crippen LogP contribution in [-0.4, -0.2) is 90.0 Å². The number of nitrogens with zero attached hydrogens (tertiary/aromatic N) is 3. The van der Waals surface area contributed by atoms with Crippen molar-refractivity contribution in [2.24, 2.45) is 5.92 Å². The van der Waals surface area contributed by atoms with E-state index in [0.29, 0.717) is 32.6 Å². The zero-order chi connectivity index (χ0) is 19.8. The summed E-state index contributed by atoms with van der Waals surface area (Å²) in [6.45, 7) is 9.58. The Morgan fingerprint density at radius 3 is 1.96 bits per heavy atom. The van der Waals surface area contributed by atoms with Crippen molar-refractivity contribution in [1.29, 1.82) is 0 Å². The maximum Gasteiger partial charge on any atom is 0.345 e. The normalized spacial score (nSPS) is 18.8. The summed E-state index contributed by atoms with van der Waals surface area (Å²) >= 11 is 0. The highest BCUT2D eigenvalue weighted by Gasteiger charge is 2.36. The van der Waals surface area contributed by atoms with Gasteiger partial charge in [-0.3, -0.25) is 9.36 Å². The lowest BCUT2D eigenvalue weighted by molar-refractivity contribution is -0.135. The molecule has 0 saturated carbocycles. The lowest BCUT2D eigenvalue weighted by atomic mass is 10.1. The van der Waals surface area contributed by atoms with Gasteiger partial charge in [0.2, 0.25) is 5.91 Å². The van der Waals surface area contributed by atoms with Gasteiger partial charge in [-0.25, -0.2) is 9.34 Å². The van der Waals surface area contributed by atoms with E-state index in [1.165, 1.54) is 7.11 Å². The third-order valence-corrected chi connectivity index (χ3v) is 6.49. The SMILES string of the molecule is CC(C)(O)CCO.COP(=O)(N(C)C)N1CCN(C(=O)C(C)C)CC1. The molecular weight excluding hydrogens is 345 g/mol. The van der Waals surface area contributed by atoms with Crippen LogP contribution in [0.3, 0.4) is 0 Å². The van der Waals surface area contributed by atoms with Crippen molar-refractivity contribution in [2.45, 2.75) is 39.7 Å². The van der Waals surface area contributed by atoms with Crippen LogP contribution in [0.5, 0.6) is 0 Å². The Kier molecular flexibility index (Phi) is 10.4. The van der Waals surface area contributed by atoms with Crippen LogP contribution in [0.15, 0.2) is 0 Å². The highest BCUT2D eigenvalue weighted by Crippen LogP contribution is 2.51. The number of rotatable bonds is 6. The monoisotopic (exact) mass is 381 g/mol. The molecule has 150 valence electrons. The molecule has 9 heteroatoms. The second-order valence-electron chi connectivity index (χ2n) is 7.24. The Labute approximate surface area is 152 Å². The second kappa shape index (κ2) is 10.6. The molecule has 0 aromatic rings. The molecule has 1 heterocycles. The number of carbonyl (C=O) groups is 1. The lowest BCUT2D eigenvalue weighted by Crippen LogP contribution is -2.49. The molecule has 1 amide bonds. The first kappa shape index (κ1) is 24.5. The topological polar surface area (TPSA) is 93.5 Å². The quantitative estimate of drug-likeness (QED) is 0.669. The molecule has 1 rings (SSSR count). The zero-order valence-corrected chi connectivity index (χ0v) is 17.6. The number of aliphatic hydroxyl groups excluding tert-OH is 1. The van der Waals surface area contributed by atoms with Gasteiger partial charge in [-0.1, -0.05) is 13.8 Å². The summed E-state index contributed by atoms with van der Waals surface area (Å²) in [7, 11) is 2.06. The minimum atomic E-state index is -2.90. The number of hydrogen-bond donors (Lipinski definition) is 2. The van der Waals surface area contributed by atoms with Crippen LogP contribution in [0.4, 0.5) is 0 Å². The van der Waals surface area contributed by atoms with Gasteiger partial charge in [0.15, 0.2) is 0 Å². The van der Waals surface area contributed by atoms with Crippen molar-refractivity contribution < 1.29 is 24.1 Å². The number of piperazine rings is 1.